The van der Waals surface area contributed by atoms with Crippen molar-refractivity contribution in [1.82, 2.24) is 15.3 Å². The quantitative estimate of drug-likeness (QED) is 0.349. The van der Waals surface area contributed by atoms with Crippen molar-refractivity contribution in [2.45, 2.75) is 19.5 Å². The number of carbonyl (C=O) groups is 1. The number of hydrogen-bond donors (Lipinski definition) is 3. The number of benzene rings is 2. The van der Waals surface area contributed by atoms with Crippen LogP contribution in [0.25, 0.3) is 11.3 Å². The molecule has 34 heavy (non-hydrogen) atoms. The molecule has 0 saturated heterocycles. The summed E-state index contributed by atoms with van der Waals surface area (Å²) in [6, 6.07) is 23.6. The maximum absolute atomic E-state index is 13.4. The zero-order chi connectivity index (χ0) is 23.8. The van der Waals surface area contributed by atoms with E-state index in [-0.39, 0.29) is 11.7 Å². The number of halogens is 1. The smallest absolute Gasteiger partial charge is 0.253 e. The van der Waals surface area contributed by atoms with Crippen molar-refractivity contribution < 1.29 is 9.18 Å². The summed E-state index contributed by atoms with van der Waals surface area (Å²) in [4.78, 5) is 21.4. The number of aromatic nitrogens is 2. The fourth-order valence-corrected chi connectivity index (χ4v) is 3.60. The molecule has 0 saturated carbocycles. The van der Waals surface area contributed by atoms with Crippen LogP contribution in [-0.4, -0.2) is 22.4 Å². The molecule has 0 radical (unpaired) electrons. The van der Waals surface area contributed by atoms with E-state index in [1.54, 1.807) is 24.4 Å². The number of para-hydroxylation sites is 1. The Labute approximate surface area is 198 Å². The predicted octanol–water partition coefficient (Wildman–Crippen LogP) is 4.33. The van der Waals surface area contributed by atoms with Gasteiger partial charge in [0.15, 0.2) is 0 Å². The number of nitrogens with two attached hydrogens (primary N) is 1. The van der Waals surface area contributed by atoms with E-state index >= 15 is 0 Å². The average Bonchev–Trinajstić information content (AvgIpc) is 2.88. The highest BCUT2D eigenvalue weighted by Crippen LogP contribution is 2.26. The van der Waals surface area contributed by atoms with Crippen molar-refractivity contribution in [3.8, 4) is 11.3 Å². The molecule has 0 aliphatic heterocycles. The highest BCUT2D eigenvalue weighted by molar-refractivity contribution is 5.94. The lowest BCUT2D eigenvalue weighted by Crippen LogP contribution is -2.23. The summed E-state index contributed by atoms with van der Waals surface area (Å²) in [6.07, 6.45) is 2.26. The molecule has 2 aromatic heterocycles. The Morgan fingerprint density at radius 2 is 1.76 bits per heavy atom. The molecule has 0 unspecified atom stereocenters. The highest BCUT2D eigenvalue weighted by Gasteiger charge is 2.10. The molecule has 0 spiro atoms. The summed E-state index contributed by atoms with van der Waals surface area (Å²) in [6.45, 7) is 1.32. The van der Waals surface area contributed by atoms with Gasteiger partial charge in [0.05, 0.1) is 29.2 Å². The van der Waals surface area contributed by atoms with Crippen molar-refractivity contribution in [3.05, 3.63) is 113 Å². The van der Waals surface area contributed by atoms with E-state index in [0.717, 1.165) is 33.9 Å². The first-order chi connectivity index (χ1) is 16.6. The van der Waals surface area contributed by atoms with E-state index in [2.05, 4.69) is 20.6 Å². The minimum absolute atomic E-state index is 0.222. The van der Waals surface area contributed by atoms with Crippen molar-refractivity contribution in [2.24, 2.45) is 5.73 Å². The molecule has 0 aliphatic rings. The Kier molecular flexibility index (Phi) is 7.57. The third-order valence-electron chi connectivity index (χ3n) is 5.35. The van der Waals surface area contributed by atoms with Gasteiger partial charge < -0.3 is 16.4 Å². The minimum atomic E-state index is -0.230. The van der Waals surface area contributed by atoms with E-state index in [0.29, 0.717) is 31.6 Å². The third-order valence-corrected chi connectivity index (χ3v) is 5.35. The Balaban J connectivity index is 1.38. The normalized spacial score (nSPS) is 10.6. The zero-order valence-electron chi connectivity index (χ0n) is 18.7. The molecular formula is C27H26FN5O. The first kappa shape index (κ1) is 23.1. The van der Waals surface area contributed by atoms with E-state index in [1.165, 1.54) is 6.07 Å². The molecule has 0 fully saturated rings. The second-order valence-corrected chi connectivity index (χ2v) is 7.79. The highest BCUT2D eigenvalue weighted by atomic mass is 19.1. The predicted molar refractivity (Wildman–Crippen MR) is 132 cm³/mol. The van der Waals surface area contributed by atoms with Gasteiger partial charge in [0.25, 0.3) is 5.91 Å². The van der Waals surface area contributed by atoms with Gasteiger partial charge >= 0.3 is 0 Å². The Morgan fingerprint density at radius 1 is 0.941 bits per heavy atom. The topological polar surface area (TPSA) is 92.9 Å². The van der Waals surface area contributed by atoms with Gasteiger partial charge in [-0.3, -0.25) is 14.8 Å². The van der Waals surface area contributed by atoms with Gasteiger partial charge in [-0.2, -0.15) is 0 Å². The number of nitrogens with one attached hydrogen (secondary N) is 2. The Morgan fingerprint density at radius 3 is 2.56 bits per heavy atom. The lowest BCUT2D eigenvalue weighted by atomic mass is 10.1. The molecule has 4 rings (SSSR count). The summed E-state index contributed by atoms with van der Waals surface area (Å²) in [5.41, 5.74) is 11.2. The van der Waals surface area contributed by atoms with Gasteiger partial charge in [-0.15, -0.1) is 0 Å². The number of amides is 1. The SMILES string of the molecule is NCc1cccc(CNC(=O)c2ccc(-c3ccccc3NCCc3cccc(F)c3)nc2)n1. The van der Waals surface area contributed by atoms with Gasteiger partial charge in [-0.05, 0) is 54.4 Å². The molecular weight excluding hydrogens is 429 g/mol. The van der Waals surface area contributed by atoms with Crippen LogP contribution in [0, 0.1) is 5.82 Å². The van der Waals surface area contributed by atoms with E-state index < -0.39 is 0 Å². The van der Waals surface area contributed by atoms with Gasteiger partial charge in [0.2, 0.25) is 0 Å². The Bertz CT molecular complexity index is 1260. The van der Waals surface area contributed by atoms with Crippen LogP contribution < -0.4 is 16.4 Å². The molecule has 2 heterocycles. The second-order valence-electron chi connectivity index (χ2n) is 7.79. The van der Waals surface area contributed by atoms with Crippen molar-refractivity contribution in [3.63, 3.8) is 0 Å². The molecule has 0 atom stereocenters. The Hall–Kier alpha value is -4.10. The lowest BCUT2D eigenvalue weighted by Gasteiger charge is -2.12. The summed E-state index contributed by atoms with van der Waals surface area (Å²) >= 11 is 0. The van der Waals surface area contributed by atoms with Crippen LogP contribution in [0.3, 0.4) is 0 Å². The van der Waals surface area contributed by atoms with E-state index in [4.69, 9.17) is 5.73 Å². The average molecular weight is 456 g/mol. The molecule has 1 amide bonds. The summed E-state index contributed by atoms with van der Waals surface area (Å²) in [5.74, 6) is -0.452. The maximum atomic E-state index is 13.4. The number of hydrogen-bond acceptors (Lipinski definition) is 5. The molecule has 6 nitrogen and oxygen atoms in total. The molecule has 7 heteroatoms. The van der Waals surface area contributed by atoms with Crippen molar-refractivity contribution in [2.75, 3.05) is 11.9 Å². The third kappa shape index (κ3) is 6.02. The number of nitrogens with zero attached hydrogens (tertiary/aromatic N) is 2. The summed E-state index contributed by atoms with van der Waals surface area (Å²) in [7, 11) is 0. The number of carbonyl (C=O) groups excluding carboxylic acids is 1. The minimum Gasteiger partial charge on any atom is -0.384 e. The van der Waals surface area contributed by atoms with Crippen LogP contribution in [-0.2, 0) is 19.5 Å². The molecule has 0 aliphatic carbocycles. The zero-order valence-corrected chi connectivity index (χ0v) is 18.7. The summed E-state index contributed by atoms with van der Waals surface area (Å²) in [5, 5.41) is 6.27. The van der Waals surface area contributed by atoms with Crippen LogP contribution in [0.2, 0.25) is 0 Å². The van der Waals surface area contributed by atoms with Gasteiger partial charge in [-0.1, -0.05) is 36.4 Å². The van der Waals surface area contributed by atoms with Crippen LogP contribution in [0.5, 0.6) is 0 Å². The first-order valence-electron chi connectivity index (χ1n) is 11.1. The van der Waals surface area contributed by atoms with Gasteiger partial charge in [0.1, 0.15) is 5.82 Å². The van der Waals surface area contributed by atoms with Gasteiger partial charge in [0, 0.05) is 30.5 Å². The van der Waals surface area contributed by atoms with Crippen LogP contribution in [0.4, 0.5) is 10.1 Å². The van der Waals surface area contributed by atoms with Crippen LogP contribution >= 0.6 is 0 Å². The number of rotatable bonds is 9. The molecule has 4 N–H and O–H groups in total. The fourth-order valence-electron chi connectivity index (χ4n) is 3.60. The molecule has 4 aromatic rings. The largest absolute Gasteiger partial charge is 0.384 e. The fraction of sp³-hybridized carbons (Fsp3) is 0.148. The van der Waals surface area contributed by atoms with Crippen molar-refractivity contribution >= 4 is 11.6 Å². The number of pyridine rings is 2. The van der Waals surface area contributed by atoms with E-state index in [9.17, 15) is 9.18 Å². The van der Waals surface area contributed by atoms with E-state index in [1.807, 2.05) is 54.6 Å². The molecule has 172 valence electrons. The second kappa shape index (κ2) is 11.2. The maximum Gasteiger partial charge on any atom is 0.253 e. The summed E-state index contributed by atoms with van der Waals surface area (Å²) < 4.78 is 13.4. The van der Waals surface area contributed by atoms with Crippen LogP contribution in [0.1, 0.15) is 27.3 Å². The molecule has 0 bridgehead atoms. The molecule has 2 aromatic carbocycles. The lowest BCUT2D eigenvalue weighted by molar-refractivity contribution is 0.0950. The van der Waals surface area contributed by atoms with Crippen LogP contribution in [0.15, 0.2) is 85.1 Å². The van der Waals surface area contributed by atoms with Gasteiger partial charge in [-0.25, -0.2) is 4.39 Å². The van der Waals surface area contributed by atoms with Crippen molar-refractivity contribution in [1.29, 1.82) is 0 Å². The first-order valence-corrected chi connectivity index (χ1v) is 11.1. The number of anilines is 1. The monoisotopic (exact) mass is 455 g/mol. The standard InChI is InChI=1S/C27H26FN5O/c28-21-6-3-5-19(15-21)13-14-30-25-10-2-1-9-24(25)26-12-11-20(17-31-26)27(34)32-18-23-8-4-7-22(16-29)33-23/h1-12,15,17,30H,13-14,16,18,29H2,(H,32,34).